The maximum Gasteiger partial charge on any atom is 0.322 e. The summed E-state index contributed by atoms with van der Waals surface area (Å²) in [5, 5.41) is 0.183. The lowest BCUT2D eigenvalue weighted by Gasteiger charge is -2.37. The third-order valence-electron chi connectivity index (χ3n) is 3.66. The zero-order valence-corrected chi connectivity index (χ0v) is 13.1. The Hall–Kier alpha value is -1.14. The molecule has 0 aliphatic carbocycles. The second kappa shape index (κ2) is 7.04. The second-order valence-corrected chi connectivity index (χ2v) is 5.24. The molecule has 0 bridgehead atoms. The number of nitrogens with zero attached hydrogens (tertiary/aromatic N) is 5. The van der Waals surface area contributed by atoms with Crippen molar-refractivity contribution < 1.29 is 4.74 Å². The first-order valence-electron chi connectivity index (χ1n) is 7.17. The first kappa shape index (κ1) is 15.3. The van der Waals surface area contributed by atoms with Crippen molar-refractivity contribution in [2.24, 2.45) is 0 Å². The van der Waals surface area contributed by atoms with E-state index >= 15 is 0 Å². The number of halogens is 1. The van der Waals surface area contributed by atoms with Gasteiger partial charge in [-0.25, -0.2) is 0 Å². The molecule has 1 aliphatic heterocycles. The molecule has 0 aromatic carbocycles. The Balaban J connectivity index is 2.03. The number of hydrogen-bond donors (Lipinski definition) is 0. The van der Waals surface area contributed by atoms with Gasteiger partial charge in [0.05, 0.1) is 6.61 Å². The first-order valence-corrected chi connectivity index (χ1v) is 7.55. The van der Waals surface area contributed by atoms with E-state index in [1.165, 1.54) is 6.42 Å². The summed E-state index contributed by atoms with van der Waals surface area (Å²) >= 11 is 5.93. The molecule has 6 nitrogen and oxygen atoms in total. The summed E-state index contributed by atoms with van der Waals surface area (Å²) in [4.78, 5) is 17.1. The van der Waals surface area contributed by atoms with Crippen LogP contribution >= 0.6 is 11.6 Å². The summed E-state index contributed by atoms with van der Waals surface area (Å²) in [6, 6.07) is 0.921. The van der Waals surface area contributed by atoms with Gasteiger partial charge >= 0.3 is 6.01 Å². The second-order valence-electron chi connectivity index (χ2n) is 4.90. The van der Waals surface area contributed by atoms with Crippen LogP contribution in [-0.2, 0) is 0 Å². The Labute approximate surface area is 125 Å². The monoisotopic (exact) mass is 299 g/mol. The highest BCUT2D eigenvalue weighted by Crippen LogP contribution is 2.18. The minimum atomic E-state index is 0.183. The minimum absolute atomic E-state index is 0.183. The van der Waals surface area contributed by atoms with Gasteiger partial charge in [-0.3, -0.25) is 4.90 Å². The van der Waals surface area contributed by atoms with Crippen molar-refractivity contribution in [3.05, 3.63) is 5.28 Å². The van der Waals surface area contributed by atoms with E-state index in [1.54, 1.807) is 0 Å². The highest BCUT2D eigenvalue weighted by molar-refractivity contribution is 6.28. The van der Waals surface area contributed by atoms with Crippen molar-refractivity contribution in [1.82, 2.24) is 19.9 Å². The van der Waals surface area contributed by atoms with Crippen molar-refractivity contribution in [2.45, 2.75) is 33.2 Å². The van der Waals surface area contributed by atoms with E-state index in [9.17, 15) is 0 Å². The van der Waals surface area contributed by atoms with Crippen LogP contribution in [0.25, 0.3) is 0 Å². The van der Waals surface area contributed by atoms with E-state index in [2.05, 4.69) is 38.6 Å². The highest BCUT2D eigenvalue weighted by Gasteiger charge is 2.22. The van der Waals surface area contributed by atoms with Crippen LogP contribution in [0.2, 0.25) is 5.28 Å². The quantitative estimate of drug-likeness (QED) is 0.827. The van der Waals surface area contributed by atoms with Gasteiger partial charge in [-0.05, 0) is 31.9 Å². The lowest BCUT2D eigenvalue weighted by atomic mass is 10.2. The van der Waals surface area contributed by atoms with Gasteiger partial charge in [0, 0.05) is 32.2 Å². The average molecular weight is 300 g/mol. The number of hydrogen-bond acceptors (Lipinski definition) is 6. The molecule has 0 N–H and O–H groups in total. The largest absolute Gasteiger partial charge is 0.464 e. The summed E-state index contributed by atoms with van der Waals surface area (Å²) in [7, 11) is 0. The predicted octanol–water partition coefficient (Wildman–Crippen LogP) is 1.84. The van der Waals surface area contributed by atoms with Crippen molar-refractivity contribution in [3.8, 4) is 6.01 Å². The third-order valence-corrected chi connectivity index (χ3v) is 3.83. The highest BCUT2D eigenvalue weighted by atomic mass is 35.5. The number of anilines is 1. The van der Waals surface area contributed by atoms with E-state index < -0.39 is 0 Å². The molecule has 0 amide bonds. The molecule has 0 saturated carbocycles. The van der Waals surface area contributed by atoms with Gasteiger partial charge in [-0.15, -0.1) is 0 Å². The Bertz CT molecular complexity index is 437. The van der Waals surface area contributed by atoms with E-state index in [4.69, 9.17) is 16.3 Å². The minimum Gasteiger partial charge on any atom is -0.464 e. The van der Waals surface area contributed by atoms with E-state index in [-0.39, 0.29) is 5.28 Å². The molecule has 7 heteroatoms. The van der Waals surface area contributed by atoms with Crippen molar-refractivity contribution in [2.75, 3.05) is 37.7 Å². The van der Waals surface area contributed by atoms with Gasteiger partial charge < -0.3 is 9.64 Å². The molecule has 0 radical (unpaired) electrons. The van der Waals surface area contributed by atoms with Crippen LogP contribution in [0, 0.1) is 0 Å². The first-order chi connectivity index (χ1) is 9.63. The fourth-order valence-corrected chi connectivity index (χ4v) is 2.43. The van der Waals surface area contributed by atoms with Crippen LogP contribution < -0.4 is 9.64 Å². The molecule has 20 heavy (non-hydrogen) atoms. The Morgan fingerprint density at radius 3 is 2.45 bits per heavy atom. The van der Waals surface area contributed by atoms with Crippen LogP contribution in [-0.4, -0.2) is 58.7 Å². The van der Waals surface area contributed by atoms with E-state index in [1.807, 2.05) is 6.92 Å². The number of rotatable bonds is 5. The van der Waals surface area contributed by atoms with Crippen LogP contribution in [0.1, 0.15) is 27.2 Å². The van der Waals surface area contributed by atoms with Gasteiger partial charge in [0.2, 0.25) is 11.2 Å². The van der Waals surface area contributed by atoms with Gasteiger partial charge in [0.25, 0.3) is 0 Å². The van der Waals surface area contributed by atoms with Gasteiger partial charge in [-0.2, -0.15) is 15.0 Å². The molecule has 0 spiro atoms. The normalized spacial score (nSPS) is 18.1. The maximum atomic E-state index is 5.93. The zero-order chi connectivity index (χ0) is 14.5. The van der Waals surface area contributed by atoms with E-state index in [0.29, 0.717) is 24.6 Å². The van der Waals surface area contributed by atoms with E-state index in [0.717, 1.165) is 26.2 Å². The molecule has 1 atom stereocenters. The maximum absolute atomic E-state index is 5.93. The molecule has 1 aliphatic rings. The summed E-state index contributed by atoms with van der Waals surface area (Å²) in [6.07, 6.45) is 1.17. The molecule has 2 heterocycles. The molecule has 1 aromatic heterocycles. The summed E-state index contributed by atoms with van der Waals surface area (Å²) < 4.78 is 5.31. The Morgan fingerprint density at radius 1 is 1.15 bits per heavy atom. The van der Waals surface area contributed by atoms with Gasteiger partial charge in [0.15, 0.2) is 0 Å². The summed E-state index contributed by atoms with van der Waals surface area (Å²) in [6.45, 7) is 10.7. The van der Waals surface area contributed by atoms with Crippen LogP contribution in [0.4, 0.5) is 5.95 Å². The SMILES string of the molecule is CCOc1nc(Cl)nc(N2CCN(C(C)CC)CC2)n1. The van der Waals surface area contributed by atoms with Crippen LogP contribution in [0.3, 0.4) is 0 Å². The van der Waals surface area contributed by atoms with Gasteiger partial charge in [-0.1, -0.05) is 6.92 Å². The van der Waals surface area contributed by atoms with Gasteiger partial charge in [0.1, 0.15) is 0 Å². The molecule has 1 saturated heterocycles. The summed E-state index contributed by atoms with van der Waals surface area (Å²) in [5.74, 6) is 0.609. The number of ether oxygens (including phenoxy) is 1. The van der Waals surface area contributed by atoms with Crippen LogP contribution in [0.15, 0.2) is 0 Å². The smallest absolute Gasteiger partial charge is 0.322 e. The molecule has 112 valence electrons. The topological polar surface area (TPSA) is 54.4 Å². The summed E-state index contributed by atoms with van der Waals surface area (Å²) in [5.41, 5.74) is 0. The standard InChI is InChI=1S/C13H22ClN5O/c1-4-10(3)18-6-8-19(9-7-18)12-15-11(14)16-13(17-12)20-5-2/h10H,4-9H2,1-3H3. The number of piperazine rings is 1. The fourth-order valence-electron chi connectivity index (χ4n) is 2.28. The average Bonchev–Trinajstić information content (AvgIpc) is 2.46. The third kappa shape index (κ3) is 3.70. The number of aromatic nitrogens is 3. The van der Waals surface area contributed by atoms with Crippen molar-refractivity contribution >= 4 is 17.5 Å². The molecule has 1 fully saturated rings. The van der Waals surface area contributed by atoms with Crippen molar-refractivity contribution in [1.29, 1.82) is 0 Å². The van der Waals surface area contributed by atoms with Crippen LogP contribution in [0.5, 0.6) is 6.01 Å². The Morgan fingerprint density at radius 2 is 1.85 bits per heavy atom. The lowest BCUT2D eigenvalue weighted by Crippen LogP contribution is -2.50. The lowest BCUT2D eigenvalue weighted by molar-refractivity contribution is 0.192. The molecule has 2 rings (SSSR count). The molecule has 1 aromatic rings. The fraction of sp³-hybridized carbons (Fsp3) is 0.769. The molecular formula is C13H22ClN5O. The zero-order valence-electron chi connectivity index (χ0n) is 12.3. The Kier molecular flexibility index (Phi) is 5.37. The predicted molar refractivity (Wildman–Crippen MR) is 79.5 cm³/mol. The molecule has 1 unspecified atom stereocenters. The molecular weight excluding hydrogens is 278 g/mol. The van der Waals surface area contributed by atoms with Crippen molar-refractivity contribution in [3.63, 3.8) is 0 Å².